The fourth-order valence-electron chi connectivity index (χ4n) is 0.612. The lowest BCUT2D eigenvalue weighted by Crippen LogP contribution is -2.16. The van der Waals surface area contributed by atoms with Crippen molar-refractivity contribution in [3.63, 3.8) is 0 Å². The van der Waals surface area contributed by atoms with Gasteiger partial charge in [-0.05, 0) is 12.8 Å². The number of hydrogen-bond donors (Lipinski definition) is 1. The summed E-state index contributed by atoms with van der Waals surface area (Å²) < 4.78 is 74.7. The third-order valence-corrected chi connectivity index (χ3v) is 2.10. The van der Waals surface area contributed by atoms with E-state index in [2.05, 4.69) is 0 Å². The lowest BCUT2D eigenvalue weighted by Gasteiger charge is -2.06. The van der Waals surface area contributed by atoms with Gasteiger partial charge in [-0.25, -0.2) is 4.39 Å². The lowest BCUT2D eigenvalue weighted by molar-refractivity contribution is -0.135. The summed E-state index contributed by atoms with van der Waals surface area (Å²) in [5, 5.41) is 0. The Labute approximate surface area is 72.5 Å². The number of alkyl halides is 4. The first-order chi connectivity index (χ1) is 5.63. The molecule has 0 heterocycles. The Kier molecular flexibility index (Phi) is 4.11. The van der Waals surface area contributed by atoms with Gasteiger partial charge < -0.3 is 0 Å². The van der Waals surface area contributed by atoms with Crippen molar-refractivity contribution in [3.05, 3.63) is 0 Å². The number of halogens is 4. The molecule has 0 spiro atoms. The summed E-state index contributed by atoms with van der Waals surface area (Å²) in [4.78, 5) is 0. The summed E-state index contributed by atoms with van der Waals surface area (Å²) in [6.07, 6.45) is -7.20. The number of rotatable bonds is 4. The Hall–Kier alpha value is -0.370. The van der Waals surface area contributed by atoms with E-state index < -0.39 is 41.1 Å². The van der Waals surface area contributed by atoms with E-state index in [0.29, 0.717) is 0 Å². The van der Waals surface area contributed by atoms with Crippen LogP contribution in [-0.2, 0) is 10.1 Å². The van der Waals surface area contributed by atoms with Crippen LogP contribution in [-0.4, -0.2) is 24.7 Å². The standard InChI is InChI=1S/C5H8F4O3S/c6-4(13(10,11)12)2-1-3-5(7,8)9/h4H,1-3H2,(H,10,11,12). The molecule has 3 nitrogen and oxygen atoms in total. The van der Waals surface area contributed by atoms with Crippen LogP contribution in [0.3, 0.4) is 0 Å². The van der Waals surface area contributed by atoms with Crippen molar-refractivity contribution >= 4 is 10.1 Å². The predicted octanol–water partition coefficient (Wildman–Crippen LogP) is 1.90. The zero-order valence-electron chi connectivity index (χ0n) is 6.38. The van der Waals surface area contributed by atoms with Crippen molar-refractivity contribution in [1.82, 2.24) is 0 Å². The molecule has 0 aliphatic carbocycles. The van der Waals surface area contributed by atoms with Crippen LogP contribution >= 0.6 is 0 Å². The molecule has 0 aromatic carbocycles. The van der Waals surface area contributed by atoms with Gasteiger partial charge in [0.05, 0.1) is 0 Å². The predicted molar refractivity (Wildman–Crippen MR) is 36.4 cm³/mol. The zero-order chi connectivity index (χ0) is 10.7. The van der Waals surface area contributed by atoms with E-state index >= 15 is 0 Å². The summed E-state index contributed by atoms with van der Waals surface area (Å²) in [6.45, 7) is 0. The second-order valence-electron chi connectivity index (χ2n) is 2.43. The zero-order valence-corrected chi connectivity index (χ0v) is 7.20. The van der Waals surface area contributed by atoms with Gasteiger partial charge in [0, 0.05) is 6.42 Å². The van der Waals surface area contributed by atoms with Gasteiger partial charge in [-0.1, -0.05) is 0 Å². The highest BCUT2D eigenvalue weighted by molar-refractivity contribution is 7.86. The third-order valence-electron chi connectivity index (χ3n) is 1.21. The van der Waals surface area contributed by atoms with Crippen LogP contribution in [0, 0.1) is 0 Å². The molecule has 1 N–H and O–H groups in total. The molecule has 80 valence electrons. The molecule has 8 heteroatoms. The van der Waals surface area contributed by atoms with Crippen molar-refractivity contribution in [1.29, 1.82) is 0 Å². The monoisotopic (exact) mass is 224 g/mol. The maximum absolute atomic E-state index is 12.3. The van der Waals surface area contributed by atoms with Gasteiger partial charge in [-0.15, -0.1) is 0 Å². The second kappa shape index (κ2) is 4.23. The van der Waals surface area contributed by atoms with Gasteiger partial charge in [-0.3, -0.25) is 4.55 Å². The van der Waals surface area contributed by atoms with Gasteiger partial charge in [0.1, 0.15) is 0 Å². The van der Waals surface area contributed by atoms with Crippen molar-refractivity contribution in [2.75, 3.05) is 0 Å². The summed E-state index contributed by atoms with van der Waals surface area (Å²) in [6, 6.07) is 0. The van der Waals surface area contributed by atoms with Gasteiger partial charge in [0.15, 0.2) is 0 Å². The Balaban J connectivity index is 3.80. The van der Waals surface area contributed by atoms with Crippen LogP contribution in [0.15, 0.2) is 0 Å². The van der Waals surface area contributed by atoms with E-state index in [1.54, 1.807) is 0 Å². The molecule has 0 fully saturated rings. The van der Waals surface area contributed by atoms with Crippen molar-refractivity contribution in [3.8, 4) is 0 Å². The average molecular weight is 224 g/mol. The van der Waals surface area contributed by atoms with Gasteiger partial charge in [-0.2, -0.15) is 21.6 Å². The highest BCUT2D eigenvalue weighted by Gasteiger charge is 2.29. The van der Waals surface area contributed by atoms with E-state index in [4.69, 9.17) is 4.55 Å². The molecular formula is C5H8F4O3S. The minimum Gasteiger partial charge on any atom is -0.283 e. The number of hydrogen-bond acceptors (Lipinski definition) is 2. The molecule has 1 unspecified atom stereocenters. The highest BCUT2D eigenvalue weighted by atomic mass is 32.2. The first kappa shape index (κ1) is 12.6. The normalized spacial score (nSPS) is 15.8. The largest absolute Gasteiger partial charge is 0.389 e. The van der Waals surface area contributed by atoms with E-state index in [0.717, 1.165) is 0 Å². The maximum Gasteiger partial charge on any atom is 0.389 e. The third kappa shape index (κ3) is 6.76. The Morgan fingerprint density at radius 2 is 1.77 bits per heavy atom. The van der Waals surface area contributed by atoms with E-state index in [1.165, 1.54) is 0 Å². The minimum absolute atomic E-state index is 0.662. The first-order valence-electron chi connectivity index (χ1n) is 3.30. The molecule has 0 aromatic heterocycles. The molecule has 0 aliphatic heterocycles. The summed E-state index contributed by atoms with van der Waals surface area (Å²) in [5.41, 5.74) is -2.63. The van der Waals surface area contributed by atoms with Gasteiger partial charge >= 0.3 is 6.18 Å². The highest BCUT2D eigenvalue weighted by Crippen LogP contribution is 2.23. The molecule has 0 amide bonds. The fraction of sp³-hybridized carbons (Fsp3) is 1.00. The first-order valence-corrected chi connectivity index (χ1v) is 4.80. The van der Waals surface area contributed by atoms with Crippen LogP contribution < -0.4 is 0 Å². The quantitative estimate of drug-likeness (QED) is 0.586. The topological polar surface area (TPSA) is 54.4 Å². The van der Waals surface area contributed by atoms with E-state index in [9.17, 15) is 26.0 Å². The van der Waals surface area contributed by atoms with Crippen molar-refractivity contribution < 1.29 is 30.5 Å². The van der Waals surface area contributed by atoms with Crippen LogP contribution in [0.4, 0.5) is 17.6 Å². The molecule has 13 heavy (non-hydrogen) atoms. The Bertz CT molecular complexity index is 245. The fourth-order valence-corrected chi connectivity index (χ4v) is 1.08. The molecule has 0 saturated heterocycles. The summed E-state index contributed by atoms with van der Waals surface area (Å²) >= 11 is 0. The molecular weight excluding hydrogens is 216 g/mol. The minimum atomic E-state index is -4.85. The van der Waals surface area contributed by atoms with Crippen molar-refractivity contribution in [2.24, 2.45) is 0 Å². The lowest BCUT2D eigenvalue weighted by atomic mass is 10.2. The van der Waals surface area contributed by atoms with Crippen LogP contribution in [0.25, 0.3) is 0 Å². The SMILES string of the molecule is O=S(=O)(O)C(F)CCCC(F)(F)F. The second-order valence-corrected chi connectivity index (χ2v) is 3.97. The van der Waals surface area contributed by atoms with Crippen LogP contribution in [0.1, 0.15) is 19.3 Å². The van der Waals surface area contributed by atoms with Crippen LogP contribution in [0.5, 0.6) is 0 Å². The van der Waals surface area contributed by atoms with Crippen LogP contribution in [0.2, 0.25) is 0 Å². The summed E-state index contributed by atoms with van der Waals surface area (Å²) in [5.74, 6) is 0. The van der Waals surface area contributed by atoms with E-state index in [1.807, 2.05) is 0 Å². The van der Waals surface area contributed by atoms with Gasteiger partial charge in [0.2, 0.25) is 5.50 Å². The Morgan fingerprint density at radius 1 is 1.31 bits per heavy atom. The average Bonchev–Trinajstić information content (AvgIpc) is 1.82. The molecule has 0 saturated carbocycles. The molecule has 0 radical (unpaired) electrons. The van der Waals surface area contributed by atoms with Gasteiger partial charge in [0.25, 0.3) is 10.1 Å². The molecule has 0 aliphatic rings. The van der Waals surface area contributed by atoms with E-state index in [-0.39, 0.29) is 0 Å². The smallest absolute Gasteiger partial charge is 0.283 e. The molecule has 1 atom stereocenters. The molecule has 0 bridgehead atoms. The molecule has 0 aromatic rings. The molecule has 0 rings (SSSR count). The Morgan fingerprint density at radius 3 is 2.08 bits per heavy atom. The van der Waals surface area contributed by atoms with Crippen molar-refractivity contribution in [2.45, 2.75) is 30.9 Å². The maximum atomic E-state index is 12.3. The summed E-state index contributed by atoms with van der Waals surface area (Å²) in [7, 11) is -4.85.